The van der Waals surface area contributed by atoms with Crippen LogP contribution in [0.4, 0.5) is 0 Å². The molecule has 3 heteroatoms. The van der Waals surface area contributed by atoms with Gasteiger partial charge in [0, 0.05) is 12.4 Å². The first-order chi connectivity index (χ1) is 6.79. The van der Waals surface area contributed by atoms with Gasteiger partial charge >= 0.3 is 5.97 Å². The minimum absolute atomic E-state index is 0.181. The highest BCUT2D eigenvalue weighted by Crippen LogP contribution is 2.37. The fourth-order valence-electron chi connectivity index (χ4n) is 2.39. The summed E-state index contributed by atoms with van der Waals surface area (Å²) < 4.78 is 0. The summed E-state index contributed by atoms with van der Waals surface area (Å²) >= 11 is 0. The molecule has 1 fully saturated rings. The molecular formula is C11H15NO2. The second-order valence-electron chi connectivity index (χ2n) is 3.98. The van der Waals surface area contributed by atoms with Crippen LogP contribution in [0.1, 0.15) is 37.2 Å². The molecule has 76 valence electrons. The van der Waals surface area contributed by atoms with Crippen molar-refractivity contribution < 1.29 is 9.90 Å². The van der Waals surface area contributed by atoms with Crippen molar-refractivity contribution in [2.75, 3.05) is 0 Å². The number of H-pyrrole nitrogens is 1. The quantitative estimate of drug-likeness (QED) is 0.757. The molecule has 1 aliphatic rings. The number of carboxylic acids is 1. The van der Waals surface area contributed by atoms with Crippen molar-refractivity contribution in [1.29, 1.82) is 0 Å². The van der Waals surface area contributed by atoms with Crippen molar-refractivity contribution in [2.45, 2.75) is 31.6 Å². The minimum Gasteiger partial charge on any atom is -0.481 e. The van der Waals surface area contributed by atoms with Crippen molar-refractivity contribution in [1.82, 2.24) is 4.98 Å². The summed E-state index contributed by atoms with van der Waals surface area (Å²) in [6.45, 7) is 0. The number of carboxylic acid groups (broad SMARTS) is 1. The van der Waals surface area contributed by atoms with Crippen LogP contribution < -0.4 is 0 Å². The third kappa shape index (κ3) is 1.67. The molecule has 0 aliphatic heterocycles. The van der Waals surface area contributed by atoms with Crippen LogP contribution in [-0.2, 0) is 4.79 Å². The van der Waals surface area contributed by atoms with Gasteiger partial charge in [-0.2, -0.15) is 0 Å². The van der Waals surface area contributed by atoms with Crippen LogP contribution in [0, 0.1) is 5.92 Å². The highest BCUT2D eigenvalue weighted by Gasteiger charge is 2.31. The summed E-state index contributed by atoms with van der Waals surface area (Å²) in [6.07, 6.45) is 7.83. The summed E-state index contributed by atoms with van der Waals surface area (Å²) in [5.41, 5.74) is 1.15. The van der Waals surface area contributed by atoms with Gasteiger partial charge in [-0.15, -0.1) is 0 Å². The summed E-state index contributed by atoms with van der Waals surface area (Å²) in [5.74, 6) is -0.608. The second-order valence-corrected chi connectivity index (χ2v) is 3.98. The smallest absolute Gasteiger partial charge is 0.307 e. The zero-order valence-electron chi connectivity index (χ0n) is 8.07. The maximum absolute atomic E-state index is 11.0. The summed E-state index contributed by atoms with van der Waals surface area (Å²) in [7, 11) is 0. The first-order valence-corrected chi connectivity index (χ1v) is 5.14. The Balaban J connectivity index is 2.18. The lowest BCUT2D eigenvalue weighted by molar-refractivity contribution is -0.143. The molecule has 2 N–H and O–H groups in total. The van der Waals surface area contributed by atoms with E-state index in [2.05, 4.69) is 4.98 Å². The molecule has 1 aromatic heterocycles. The molecule has 2 unspecified atom stereocenters. The summed E-state index contributed by atoms with van der Waals surface area (Å²) in [6, 6.07) is 1.99. The second kappa shape index (κ2) is 3.86. The molecule has 3 nitrogen and oxygen atoms in total. The van der Waals surface area contributed by atoms with E-state index in [9.17, 15) is 4.79 Å². The molecule has 14 heavy (non-hydrogen) atoms. The topological polar surface area (TPSA) is 53.1 Å². The SMILES string of the molecule is O=C(O)C1CCCCC1c1cc[nH]c1. The van der Waals surface area contributed by atoms with E-state index in [0.717, 1.165) is 31.2 Å². The molecule has 1 aliphatic carbocycles. The van der Waals surface area contributed by atoms with Gasteiger partial charge in [0.1, 0.15) is 0 Å². The number of nitrogens with one attached hydrogen (secondary N) is 1. The number of rotatable bonds is 2. The fourth-order valence-corrected chi connectivity index (χ4v) is 2.39. The molecule has 0 spiro atoms. The van der Waals surface area contributed by atoms with Gasteiger partial charge in [0.25, 0.3) is 0 Å². The van der Waals surface area contributed by atoms with Crippen molar-refractivity contribution in [3.63, 3.8) is 0 Å². The molecule has 2 atom stereocenters. The predicted molar refractivity (Wildman–Crippen MR) is 53.1 cm³/mol. The van der Waals surface area contributed by atoms with Crippen molar-refractivity contribution >= 4 is 5.97 Å². The van der Waals surface area contributed by atoms with Crippen LogP contribution in [-0.4, -0.2) is 16.1 Å². The molecule has 2 rings (SSSR count). The number of hydrogen-bond donors (Lipinski definition) is 2. The summed E-state index contributed by atoms with van der Waals surface area (Å²) in [5, 5.41) is 9.10. The first kappa shape index (κ1) is 9.31. The minimum atomic E-state index is -0.643. The van der Waals surface area contributed by atoms with Gasteiger partial charge in [-0.25, -0.2) is 0 Å². The zero-order chi connectivity index (χ0) is 9.97. The largest absolute Gasteiger partial charge is 0.481 e. The van der Waals surface area contributed by atoms with E-state index in [4.69, 9.17) is 5.11 Å². The lowest BCUT2D eigenvalue weighted by Gasteiger charge is -2.27. The van der Waals surface area contributed by atoms with E-state index >= 15 is 0 Å². The van der Waals surface area contributed by atoms with Crippen LogP contribution in [0.5, 0.6) is 0 Å². The standard InChI is InChI=1S/C11H15NO2/c13-11(14)10-4-2-1-3-9(10)8-5-6-12-7-8/h5-7,9-10,12H,1-4H2,(H,13,14). The molecule has 0 saturated heterocycles. The van der Waals surface area contributed by atoms with Crippen LogP contribution in [0.15, 0.2) is 18.5 Å². The van der Waals surface area contributed by atoms with Gasteiger partial charge < -0.3 is 10.1 Å². The number of aromatic amines is 1. The van der Waals surface area contributed by atoms with Gasteiger partial charge in [-0.05, 0) is 30.4 Å². The van der Waals surface area contributed by atoms with Crippen LogP contribution in [0.3, 0.4) is 0 Å². The molecule has 0 amide bonds. The van der Waals surface area contributed by atoms with E-state index in [1.54, 1.807) is 0 Å². The average Bonchev–Trinajstić information content (AvgIpc) is 2.70. The maximum Gasteiger partial charge on any atom is 0.307 e. The molecule has 1 heterocycles. The number of aliphatic carboxylic acids is 1. The van der Waals surface area contributed by atoms with Crippen molar-refractivity contribution in [3.8, 4) is 0 Å². The van der Waals surface area contributed by atoms with Crippen LogP contribution >= 0.6 is 0 Å². The van der Waals surface area contributed by atoms with E-state index in [1.165, 1.54) is 0 Å². The number of carbonyl (C=O) groups is 1. The third-order valence-corrected chi connectivity index (χ3v) is 3.13. The van der Waals surface area contributed by atoms with Crippen LogP contribution in [0.25, 0.3) is 0 Å². The predicted octanol–water partition coefficient (Wildman–Crippen LogP) is 2.37. The Morgan fingerprint density at radius 1 is 1.43 bits per heavy atom. The molecule has 0 radical (unpaired) electrons. The highest BCUT2D eigenvalue weighted by atomic mass is 16.4. The fraction of sp³-hybridized carbons (Fsp3) is 0.545. The number of hydrogen-bond acceptors (Lipinski definition) is 1. The first-order valence-electron chi connectivity index (χ1n) is 5.14. The van der Waals surface area contributed by atoms with Crippen LogP contribution in [0.2, 0.25) is 0 Å². The van der Waals surface area contributed by atoms with Crippen molar-refractivity contribution in [2.24, 2.45) is 5.92 Å². The molecular weight excluding hydrogens is 178 g/mol. The third-order valence-electron chi connectivity index (χ3n) is 3.13. The Hall–Kier alpha value is -1.25. The number of aromatic nitrogens is 1. The van der Waals surface area contributed by atoms with Gasteiger partial charge in [0.2, 0.25) is 0 Å². The Labute approximate surface area is 83.1 Å². The van der Waals surface area contributed by atoms with Gasteiger partial charge in [-0.1, -0.05) is 12.8 Å². The lowest BCUT2D eigenvalue weighted by Crippen LogP contribution is -2.25. The molecule has 0 aromatic carbocycles. The molecule has 1 saturated carbocycles. The normalized spacial score (nSPS) is 27.4. The lowest BCUT2D eigenvalue weighted by atomic mass is 9.76. The molecule has 1 aromatic rings. The zero-order valence-corrected chi connectivity index (χ0v) is 8.07. The van der Waals surface area contributed by atoms with Gasteiger partial charge in [-0.3, -0.25) is 4.79 Å². The Morgan fingerprint density at radius 2 is 2.21 bits per heavy atom. The molecule has 0 bridgehead atoms. The van der Waals surface area contributed by atoms with Gasteiger partial charge in [0.15, 0.2) is 0 Å². The summed E-state index contributed by atoms with van der Waals surface area (Å²) in [4.78, 5) is 14.0. The Kier molecular flexibility index (Phi) is 2.57. The average molecular weight is 193 g/mol. The Bertz CT molecular complexity index is 305. The van der Waals surface area contributed by atoms with Gasteiger partial charge in [0.05, 0.1) is 5.92 Å². The van der Waals surface area contributed by atoms with E-state index in [-0.39, 0.29) is 11.8 Å². The van der Waals surface area contributed by atoms with E-state index in [0.29, 0.717) is 0 Å². The Morgan fingerprint density at radius 3 is 2.86 bits per heavy atom. The monoisotopic (exact) mass is 193 g/mol. The van der Waals surface area contributed by atoms with E-state index in [1.807, 2.05) is 18.5 Å². The van der Waals surface area contributed by atoms with Crippen molar-refractivity contribution in [3.05, 3.63) is 24.0 Å². The highest BCUT2D eigenvalue weighted by molar-refractivity contribution is 5.71. The van der Waals surface area contributed by atoms with E-state index < -0.39 is 5.97 Å². The maximum atomic E-state index is 11.0.